The highest BCUT2D eigenvalue weighted by Crippen LogP contribution is 2.20. The minimum absolute atomic E-state index is 0.742. The summed E-state index contributed by atoms with van der Waals surface area (Å²) in [5.41, 5.74) is 0.959. The molecule has 0 bridgehead atoms. The van der Waals surface area contributed by atoms with E-state index in [2.05, 4.69) is 20.5 Å². The number of nitrogens with one attached hydrogen (secondary N) is 2. The van der Waals surface area contributed by atoms with Gasteiger partial charge in [-0.3, -0.25) is 5.10 Å². The van der Waals surface area contributed by atoms with Gasteiger partial charge in [0.25, 0.3) is 0 Å². The molecule has 0 aliphatic heterocycles. The lowest BCUT2D eigenvalue weighted by Crippen LogP contribution is -2.04. The van der Waals surface area contributed by atoms with Gasteiger partial charge >= 0.3 is 0 Å². The first kappa shape index (κ1) is 12.3. The molecule has 1 heterocycles. The summed E-state index contributed by atoms with van der Waals surface area (Å²) in [5.74, 6) is 1.73. The van der Waals surface area contributed by atoms with Crippen LogP contribution in [0.3, 0.4) is 0 Å². The van der Waals surface area contributed by atoms with Crippen LogP contribution in [0.5, 0.6) is 0 Å². The molecule has 0 saturated carbocycles. The number of hydrogen-bond donors (Lipinski definition) is 2. The molecule has 17 heavy (non-hydrogen) atoms. The van der Waals surface area contributed by atoms with Crippen molar-refractivity contribution in [2.75, 3.05) is 17.6 Å². The van der Waals surface area contributed by atoms with E-state index >= 15 is 0 Å². The summed E-state index contributed by atoms with van der Waals surface area (Å²) < 4.78 is 0. The first-order valence-electron chi connectivity index (χ1n) is 5.26. The fourth-order valence-electron chi connectivity index (χ4n) is 1.32. The molecule has 2 rings (SSSR count). The summed E-state index contributed by atoms with van der Waals surface area (Å²) in [7, 11) is 0. The van der Waals surface area contributed by atoms with Gasteiger partial charge in [0.1, 0.15) is 5.82 Å². The van der Waals surface area contributed by atoms with Gasteiger partial charge in [-0.1, -0.05) is 35.5 Å². The molecule has 2 N–H and O–H groups in total. The van der Waals surface area contributed by atoms with E-state index in [-0.39, 0.29) is 0 Å². The van der Waals surface area contributed by atoms with E-state index < -0.39 is 0 Å². The number of aryl methyl sites for hydroxylation is 1. The van der Waals surface area contributed by atoms with E-state index in [1.54, 1.807) is 11.8 Å². The highest BCUT2D eigenvalue weighted by Gasteiger charge is 2.01. The number of nitrogens with zero attached hydrogens (tertiary/aromatic N) is 2. The molecule has 90 valence electrons. The molecule has 0 spiro atoms. The normalized spacial score (nSPS) is 10.5. The Bertz CT molecular complexity index is 486. The number of para-hydroxylation sites is 1. The number of aromatic amines is 1. The maximum absolute atomic E-state index is 6.02. The molecule has 2 aromatic rings. The van der Waals surface area contributed by atoms with E-state index in [0.29, 0.717) is 0 Å². The van der Waals surface area contributed by atoms with Crippen LogP contribution >= 0.6 is 23.4 Å². The molecule has 4 nitrogen and oxygen atoms in total. The van der Waals surface area contributed by atoms with Crippen molar-refractivity contribution in [1.29, 1.82) is 0 Å². The van der Waals surface area contributed by atoms with Crippen molar-refractivity contribution in [3.8, 4) is 0 Å². The van der Waals surface area contributed by atoms with Crippen LogP contribution in [-0.2, 0) is 0 Å². The van der Waals surface area contributed by atoms with Crippen LogP contribution in [0.15, 0.2) is 29.4 Å². The maximum Gasteiger partial charge on any atom is 0.208 e. The molecular weight excluding hydrogens is 256 g/mol. The first-order chi connectivity index (χ1) is 8.25. The summed E-state index contributed by atoms with van der Waals surface area (Å²) >= 11 is 7.63. The van der Waals surface area contributed by atoms with Crippen LogP contribution in [0, 0.1) is 6.92 Å². The Morgan fingerprint density at radius 2 is 2.24 bits per heavy atom. The second-order valence-electron chi connectivity index (χ2n) is 3.46. The number of thioether (sulfide) groups is 1. The monoisotopic (exact) mass is 268 g/mol. The summed E-state index contributed by atoms with van der Waals surface area (Å²) in [5, 5.41) is 11.7. The van der Waals surface area contributed by atoms with Crippen molar-refractivity contribution in [2.45, 2.75) is 12.1 Å². The van der Waals surface area contributed by atoms with Crippen molar-refractivity contribution in [3.05, 3.63) is 35.1 Å². The lowest BCUT2D eigenvalue weighted by Gasteiger charge is -2.06. The molecule has 0 amide bonds. The molecule has 1 aromatic carbocycles. The predicted molar refractivity (Wildman–Crippen MR) is 71.8 cm³/mol. The average Bonchev–Trinajstić information content (AvgIpc) is 2.73. The molecule has 0 atom stereocenters. The SMILES string of the molecule is Cc1nc(SCCNc2ccccc2Cl)n[nH]1. The zero-order valence-corrected chi connectivity index (χ0v) is 11.0. The van der Waals surface area contributed by atoms with E-state index in [1.807, 2.05) is 31.2 Å². The molecule has 0 saturated heterocycles. The van der Waals surface area contributed by atoms with Gasteiger partial charge in [-0.25, -0.2) is 4.98 Å². The number of halogens is 1. The summed E-state index contributed by atoms with van der Waals surface area (Å²) in [6.45, 7) is 2.71. The second kappa shape index (κ2) is 5.93. The van der Waals surface area contributed by atoms with Crippen molar-refractivity contribution < 1.29 is 0 Å². The number of H-pyrrole nitrogens is 1. The van der Waals surface area contributed by atoms with Crippen molar-refractivity contribution in [3.63, 3.8) is 0 Å². The topological polar surface area (TPSA) is 53.6 Å². The highest BCUT2D eigenvalue weighted by atomic mass is 35.5. The van der Waals surface area contributed by atoms with Crippen LogP contribution < -0.4 is 5.32 Å². The Hall–Kier alpha value is -1.20. The number of hydrogen-bond acceptors (Lipinski definition) is 4. The third-order valence-corrected chi connectivity index (χ3v) is 3.28. The Kier molecular flexibility index (Phi) is 4.28. The third-order valence-electron chi connectivity index (χ3n) is 2.10. The lowest BCUT2D eigenvalue weighted by molar-refractivity contribution is 0.968. The lowest BCUT2D eigenvalue weighted by atomic mass is 10.3. The zero-order valence-electron chi connectivity index (χ0n) is 9.40. The quantitative estimate of drug-likeness (QED) is 0.647. The van der Waals surface area contributed by atoms with Gasteiger partial charge < -0.3 is 5.32 Å². The minimum Gasteiger partial charge on any atom is -0.383 e. The van der Waals surface area contributed by atoms with Gasteiger partial charge in [0.15, 0.2) is 0 Å². The highest BCUT2D eigenvalue weighted by molar-refractivity contribution is 7.99. The number of aromatic nitrogens is 3. The van der Waals surface area contributed by atoms with Gasteiger partial charge in [0.2, 0.25) is 5.16 Å². The fraction of sp³-hybridized carbons (Fsp3) is 0.273. The Balaban J connectivity index is 1.75. The molecule has 0 fully saturated rings. The smallest absolute Gasteiger partial charge is 0.208 e. The Morgan fingerprint density at radius 3 is 2.94 bits per heavy atom. The summed E-state index contributed by atoms with van der Waals surface area (Å²) in [6.07, 6.45) is 0. The number of rotatable bonds is 5. The van der Waals surface area contributed by atoms with E-state index in [1.165, 1.54) is 0 Å². The Labute approximate surface area is 109 Å². The van der Waals surface area contributed by atoms with Crippen LogP contribution in [0.4, 0.5) is 5.69 Å². The van der Waals surface area contributed by atoms with Crippen LogP contribution in [0.1, 0.15) is 5.82 Å². The largest absolute Gasteiger partial charge is 0.383 e. The predicted octanol–water partition coefficient (Wildman–Crippen LogP) is 2.97. The van der Waals surface area contributed by atoms with E-state index in [4.69, 9.17) is 11.6 Å². The summed E-state index contributed by atoms with van der Waals surface area (Å²) in [6, 6.07) is 7.71. The van der Waals surface area contributed by atoms with E-state index in [9.17, 15) is 0 Å². The number of benzene rings is 1. The van der Waals surface area contributed by atoms with Gasteiger partial charge in [0.05, 0.1) is 10.7 Å². The molecular formula is C11H13ClN4S. The number of anilines is 1. The standard InChI is InChI=1S/C11H13ClN4S/c1-8-14-11(16-15-8)17-7-6-13-10-5-3-2-4-9(10)12/h2-5,13H,6-7H2,1H3,(H,14,15,16). The van der Waals surface area contributed by atoms with Crippen LogP contribution in [0.2, 0.25) is 5.02 Å². The van der Waals surface area contributed by atoms with Gasteiger partial charge in [-0.2, -0.15) is 0 Å². The molecule has 6 heteroatoms. The molecule has 0 unspecified atom stereocenters. The van der Waals surface area contributed by atoms with Crippen LogP contribution in [0.25, 0.3) is 0 Å². The van der Waals surface area contributed by atoms with E-state index in [0.717, 1.165) is 34.0 Å². The fourth-order valence-corrected chi connectivity index (χ4v) is 2.22. The maximum atomic E-state index is 6.02. The molecule has 1 aromatic heterocycles. The zero-order chi connectivity index (χ0) is 12.1. The molecule has 0 aliphatic rings. The van der Waals surface area contributed by atoms with Crippen molar-refractivity contribution in [1.82, 2.24) is 15.2 Å². The van der Waals surface area contributed by atoms with Gasteiger partial charge in [0, 0.05) is 12.3 Å². The summed E-state index contributed by atoms with van der Waals surface area (Å²) in [4.78, 5) is 4.22. The minimum atomic E-state index is 0.742. The molecule has 0 radical (unpaired) electrons. The third kappa shape index (κ3) is 3.64. The van der Waals surface area contributed by atoms with Crippen molar-refractivity contribution in [2.24, 2.45) is 0 Å². The van der Waals surface area contributed by atoms with Crippen LogP contribution in [-0.4, -0.2) is 27.5 Å². The first-order valence-corrected chi connectivity index (χ1v) is 6.62. The Morgan fingerprint density at radius 1 is 1.41 bits per heavy atom. The van der Waals surface area contributed by atoms with Crippen molar-refractivity contribution >= 4 is 29.1 Å². The average molecular weight is 269 g/mol. The van der Waals surface area contributed by atoms with Gasteiger partial charge in [-0.05, 0) is 19.1 Å². The second-order valence-corrected chi connectivity index (χ2v) is 4.93. The molecule has 0 aliphatic carbocycles. The van der Waals surface area contributed by atoms with Gasteiger partial charge in [-0.15, -0.1) is 5.10 Å².